The number of rotatable bonds is 5. The van der Waals surface area contributed by atoms with E-state index in [9.17, 15) is 4.79 Å². The lowest BCUT2D eigenvalue weighted by Gasteiger charge is -2.25. The minimum atomic E-state index is -1.08. The third-order valence-corrected chi connectivity index (χ3v) is 6.64. The Labute approximate surface area is 137 Å². The molecule has 1 aliphatic heterocycles. The molecule has 1 atom stereocenters. The van der Waals surface area contributed by atoms with E-state index in [1.807, 2.05) is 18.7 Å². The lowest BCUT2D eigenvalue weighted by molar-refractivity contribution is -0.138. The van der Waals surface area contributed by atoms with Crippen LogP contribution in [0.2, 0.25) is 25.7 Å². The topological polar surface area (TPSA) is 29.5 Å². The number of carbonyl (C=O) groups excluding carboxylic acids is 1. The smallest absolute Gasteiger partial charge is 0.234 e. The van der Waals surface area contributed by atoms with Crippen LogP contribution in [0.3, 0.4) is 0 Å². The highest BCUT2D eigenvalue weighted by molar-refractivity contribution is 9.11. The molecule has 21 heavy (non-hydrogen) atoms. The number of halogens is 1. The largest absolute Gasteiger partial charge is 0.361 e. The van der Waals surface area contributed by atoms with Crippen LogP contribution >= 0.6 is 15.9 Å². The highest BCUT2D eigenvalue weighted by Gasteiger charge is 2.50. The highest BCUT2D eigenvalue weighted by atomic mass is 79.9. The maximum atomic E-state index is 12.7. The second-order valence-corrected chi connectivity index (χ2v) is 14.3. The Morgan fingerprint density at radius 1 is 1.43 bits per heavy atom. The molecule has 0 aromatic carbocycles. The zero-order valence-corrected chi connectivity index (χ0v) is 16.3. The van der Waals surface area contributed by atoms with Crippen molar-refractivity contribution < 1.29 is 9.53 Å². The van der Waals surface area contributed by atoms with Gasteiger partial charge in [0.1, 0.15) is 6.73 Å². The van der Waals surface area contributed by atoms with Crippen molar-refractivity contribution in [1.29, 1.82) is 0 Å². The van der Waals surface area contributed by atoms with Crippen LogP contribution in [0.1, 0.15) is 20.3 Å². The molecule has 0 aromatic rings. The van der Waals surface area contributed by atoms with Crippen molar-refractivity contribution in [2.75, 3.05) is 13.3 Å². The van der Waals surface area contributed by atoms with Crippen LogP contribution in [-0.2, 0) is 9.53 Å². The average molecular weight is 372 g/mol. The van der Waals surface area contributed by atoms with E-state index >= 15 is 0 Å². The van der Waals surface area contributed by atoms with E-state index in [4.69, 9.17) is 4.74 Å². The molecule has 1 aliphatic carbocycles. The van der Waals surface area contributed by atoms with Gasteiger partial charge in [-0.1, -0.05) is 55.5 Å². The molecule has 118 valence electrons. The first-order valence-corrected chi connectivity index (χ1v) is 12.1. The number of hydrogen-bond acceptors (Lipinski definition) is 2. The van der Waals surface area contributed by atoms with E-state index in [0.29, 0.717) is 6.73 Å². The summed E-state index contributed by atoms with van der Waals surface area (Å²) in [7, 11) is -1.08. The summed E-state index contributed by atoms with van der Waals surface area (Å²) in [6.45, 7) is 12.2. The third-order valence-electron chi connectivity index (χ3n) is 4.39. The predicted octanol–water partition coefficient (Wildman–Crippen LogP) is 4.35. The summed E-state index contributed by atoms with van der Waals surface area (Å²) >= 11 is 3.53. The monoisotopic (exact) mass is 371 g/mol. The molecular formula is C16H26BrNO2Si. The second kappa shape index (κ2) is 6.01. The molecule has 5 heteroatoms. The second-order valence-electron chi connectivity index (χ2n) is 7.75. The van der Waals surface area contributed by atoms with E-state index in [1.54, 1.807) is 0 Å². The van der Waals surface area contributed by atoms with Gasteiger partial charge in [0.25, 0.3) is 0 Å². The maximum Gasteiger partial charge on any atom is 0.234 e. The molecule has 0 saturated carbocycles. The summed E-state index contributed by atoms with van der Waals surface area (Å²) in [5.74, 6) is 0.453. The number of carbonyl (C=O) groups is 1. The predicted molar refractivity (Wildman–Crippen MR) is 92.8 cm³/mol. The first kappa shape index (κ1) is 17.0. The summed E-state index contributed by atoms with van der Waals surface area (Å²) < 4.78 is 6.87. The Morgan fingerprint density at radius 2 is 2.10 bits per heavy atom. The summed E-state index contributed by atoms with van der Waals surface area (Å²) in [5.41, 5.74) is 0.769. The minimum Gasteiger partial charge on any atom is -0.361 e. The van der Waals surface area contributed by atoms with Crippen LogP contribution in [0.4, 0.5) is 0 Å². The van der Waals surface area contributed by atoms with E-state index in [0.717, 1.165) is 29.3 Å². The fraction of sp³-hybridized carbons (Fsp3) is 0.688. The van der Waals surface area contributed by atoms with E-state index < -0.39 is 8.07 Å². The quantitative estimate of drug-likeness (QED) is 0.530. The number of amides is 1. The lowest BCUT2D eigenvalue weighted by atomic mass is 9.77. The van der Waals surface area contributed by atoms with Crippen molar-refractivity contribution in [2.45, 2.75) is 46.0 Å². The van der Waals surface area contributed by atoms with Crippen molar-refractivity contribution in [3.8, 4) is 0 Å². The van der Waals surface area contributed by atoms with Gasteiger partial charge in [0.2, 0.25) is 5.91 Å². The molecule has 0 N–H and O–H groups in total. The molecule has 2 rings (SSSR count). The Bertz CT molecular complexity index is 491. The third kappa shape index (κ3) is 3.69. The molecule has 1 heterocycles. The van der Waals surface area contributed by atoms with Gasteiger partial charge in [-0.3, -0.25) is 9.69 Å². The highest BCUT2D eigenvalue weighted by Crippen LogP contribution is 2.48. The maximum absolute atomic E-state index is 12.7. The van der Waals surface area contributed by atoms with Gasteiger partial charge in [-0.2, -0.15) is 0 Å². The fourth-order valence-electron chi connectivity index (χ4n) is 2.86. The summed E-state index contributed by atoms with van der Waals surface area (Å²) in [5, 5.41) is 0. The molecule has 1 saturated heterocycles. The molecule has 1 unspecified atom stereocenters. The van der Waals surface area contributed by atoms with E-state index in [1.165, 1.54) is 0 Å². The molecule has 2 aliphatic rings. The lowest BCUT2D eigenvalue weighted by Crippen LogP contribution is -2.33. The zero-order valence-electron chi connectivity index (χ0n) is 13.7. The molecule has 0 bridgehead atoms. The van der Waals surface area contributed by atoms with Gasteiger partial charge >= 0.3 is 0 Å². The van der Waals surface area contributed by atoms with E-state index in [-0.39, 0.29) is 17.2 Å². The van der Waals surface area contributed by atoms with Gasteiger partial charge in [0.05, 0.1) is 5.41 Å². The van der Waals surface area contributed by atoms with Crippen LogP contribution in [0.25, 0.3) is 0 Å². The summed E-state index contributed by atoms with van der Waals surface area (Å²) in [4.78, 5) is 14.5. The van der Waals surface area contributed by atoms with Crippen LogP contribution in [0.15, 0.2) is 22.3 Å². The SMILES string of the molecule is CC1(C)C(=O)N(COCC[Si](C)(C)C)C2=CC(Br)=CCC21. The Morgan fingerprint density at radius 3 is 2.71 bits per heavy atom. The number of ether oxygens (including phenoxy) is 1. The Balaban J connectivity index is 2.04. The molecule has 1 amide bonds. The van der Waals surface area contributed by atoms with Crippen molar-refractivity contribution in [3.63, 3.8) is 0 Å². The number of nitrogens with zero attached hydrogens (tertiary/aromatic N) is 1. The van der Waals surface area contributed by atoms with Crippen molar-refractivity contribution in [1.82, 2.24) is 4.90 Å². The van der Waals surface area contributed by atoms with Gasteiger partial charge in [-0.15, -0.1) is 0 Å². The normalized spacial score (nSPS) is 24.8. The molecule has 0 aromatic heterocycles. The molecule has 3 nitrogen and oxygen atoms in total. The van der Waals surface area contributed by atoms with Crippen LogP contribution in [0, 0.1) is 11.3 Å². The van der Waals surface area contributed by atoms with Crippen LogP contribution in [0.5, 0.6) is 0 Å². The number of allylic oxidation sites excluding steroid dienone is 4. The van der Waals surface area contributed by atoms with Gasteiger partial charge in [-0.25, -0.2) is 0 Å². The summed E-state index contributed by atoms with van der Waals surface area (Å²) in [6.07, 6.45) is 5.14. The Hall–Kier alpha value is -0.393. The summed E-state index contributed by atoms with van der Waals surface area (Å²) in [6, 6.07) is 1.13. The van der Waals surface area contributed by atoms with Crippen LogP contribution < -0.4 is 0 Å². The molecule has 0 radical (unpaired) electrons. The minimum absolute atomic E-state index is 0.183. The van der Waals surface area contributed by atoms with Gasteiger partial charge in [0.15, 0.2) is 0 Å². The average Bonchev–Trinajstić information content (AvgIpc) is 2.53. The standard InChI is InChI=1S/C16H26BrNO2Si/c1-16(2)13-7-6-12(17)10-14(13)18(15(16)19)11-20-8-9-21(3,4)5/h6,10,13H,7-9,11H2,1-5H3. The first-order valence-electron chi connectivity index (χ1n) is 7.60. The van der Waals surface area contributed by atoms with Gasteiger partial charge in [-0.05, 0) is 18.5 Å². The molecule has 0 spiro atoms. The molecular weight excluding hydrogens is 346 g/mol. The van der Waals surface area contributed by atoms with Crippen molar-refractivity contribution in [3.05, 3.63) is 22.3 Å². The van der Waals surface area contributed by atoms with E-state index in [2.05, 4.69) is 47.7 Å². The van der Waals surface area contributed by atoms with Crippen LogP contribution in [-0.4, -0.2) is 32.2 Å². The van der Waals surface area contributed by atoms with Gasteiger partial charge in [0, 0.05) is 30.8 Å². The first-order chi connectivity index (χ1) is 9.63. The Kier molecular flexibility index (Phi) is 4.86. The fourth-order valence-corrected chi connectivity index (χ4v) is 4.04. The zero-order chi connectivity index (χ0) is 15.8. The number of fused-ring (bicyclic) bond motifs is 1. The van der Waals surface area contributed by atoms with Crippen molar-refractivity contribution in [2.24, 2.45) is 11.3 Å². The molecule has 1 fully saturated rings. The van der Waals surface area contributed by atoms with Gasteiger partial charge < -0.3 is 4.74 Å². The van der Waals surface area contributed by atoms with Crippen molar-refractivity contribution >= 4 is 29.9 Å². The number of likely N-dealkylation sites (tertiary alicyclic amines) is 1. The number of hydrogen-bond donors (Lipinski definition) is 0.